The molecule has 0 bridgehead atoms. The number of fused-ring (bicyclic) bond motifs is 1. The topological polar surface area (TPSA) is 106 Å². The van der Waals surface area contributed by atoms with Gasteiger partial charge in [-0.2, -0.15) is 13.2 Å². The van der Waals surface area contributed by atoms with Crippen LogP contribution >= 0.6 is 0 Å². The van der Waals surface area contributed by atoms with Gasteiger partial charge in [0.25, 0.3) is 0 Å². The molecule has 2 amide bonds. The zero-order chi connectivity index (χ0) is 23.8. The molecule has 1 saturated heterocycles. The standard InChI is InChI=1S/C20H23F3N6O4/c1-19(13-28-11-16(29(31)32)25-18(28)33-19)12-26-6-8-27(9-7-26)17(30)24-10-14-2-4-15(5-3-14)20(21,22)23/h2-5,11H,6-10,12-13H2,1H3,(H,24,30). The maximum absolute atomic E-state index is 12.6. The molecule has 0 saturated carbocycles. The Balaban J connectivity index is 1.22. The minimum Gasteiger partial charge on any atom is -0.436 e. The first-order valence-corrected chi connectivity index (χ1v) is 10.3. The third-order valence-electron chi connectivity index (χ3n) is 5.70. The first kappa shape index (κ1) is 22.8. The molecule has 1 N–H and O–H groups in total. The van der Waals surface area contributed by atoms with Crippen LogP contribution in [0.2, 0.25) is 0 Å². The predicted octanol–water partition coefficient (Wildman–Crippen LogP) is 2.49. The monoisotopic (exact) mass is 468 g/mol. The zero-order valence-electron chi connectivity index (χ0n) is 17.8. The summed E-state index contributed by atoms with van der Waals surface area (Å²) < 4.78 is 45.4. The number of ether oxygens (including phenoxy) is 1. The Morgan fingerprint density at radius 2 is 1.91 bits per heavy atom. The molecule has 178 valence electrons. The normalized spacial score (nSPS) is 20.9. The predicted molar refractivity (Wildman–Crippen MR) is 110 cm³/mol. The van der Waals surface area contributed by atoms with Crippen molar-refractivity contribution in [3.8, 4) is 6.01 Å². The number of carbonyl (C=O) groups excluding carboxylic acids is 1. The van der Waals surface area contributed by atoms with Crippen LogP contribution in [-0.4, -0.2) is 68.6 Å². The van der Waals surface area contributed by atoms with E-state index in [1.54, 1.807) is 9.47 Å². The van der Waals surface area contributed by atoms with Crippen molar-refractivity contribution >= 4 is 11.8 Å². The molecule has 2 aliphatic rings. The van der Waals surface area contributed by atoms with E-state index in [-0.39, 0.29) is 24.4 Å². The van der Waals surface area contributed by atoms with Crippen LogP contribution in [0.15, 0.2) is 30.5 Å². The van der Waals surface area contributed by atoms with Gasteiger partial charge in [0.2, 0.25) is 0 Å². The van der Waals surface area contributed by atoms with Crippen LogP contribution < -0.4 is 10.1 Å². The van der Waals surface area contributed by atoms with E-state index in [1.807, 2.05) is 6.92 Å². The molecule has 2 aromatic rings. The van der Waals surface area contributed by atoms with Gasteiger partial charge in [0, 0.05) is 44.3 Å². The maximum atomic E-state index is 12.6. The van der Waals surface area contributed by atoms with Crippen molar-refractivity contribution in [3.63, 3.8) is 0 Å². The van der Waals surface area contributed by atoms with Gasteiger partial charge in [-0.25, -0.2) is 4.79 Å². The van der Waals surface area contributed by atoms with Gasteiger partial charge in [-0.1, -0.05) is 12.1 Å². The van der Waals surface area contributed by atoms with Crippen LogP contribution in [-0.2, 0) is 19.3 Å². The Labute approximate surface area is 187 Å². The number of rotatable bonds is 5. The first-order chi connectivity index (χ1) is 15.5. The SMILES string of the molecule is CC1(CN2CCN(C(=O)NCc3ccc(C(F)(F)F)cc3)CC2)Cn2cc([N+](=O)[O-])nc2O1. The minimum absolute atomic E-state index is 0.140. The number of halogens is 3. The summed E-state index contributed by atoms with van der Waals surface area (Å²) in [6.45, 7) is 5.29. The van der Waals surface area contributed by atoms with Crippen LogP contribution in [0.3, 0.4) is 0 Å². The molecule has 13 heteroatoms. The number of urea groups is 1. The van der Waals surface area contributed by atoms with Crippen molar-refractivity contribution < 1.29 is 27.6 Å². The summed E-state index contributed by atoms with van der Waals surface area (Å²) in [5.74, 6) is -0.247. The molecule has 1 fully saturated rings. The summed E-state index contributed by atoms with van der Waals surface area (Å²) in [5.41, 5.74) is -0.723. The van der Waals surface area contributed by atoms with Crippen LogP contribution in [0.25, 0.3) is 0 Å². The molecule has 1 aromatic heterocycles. The number of nitrogens with one attached hydrogen (secondary N) is 1. The highest BCUT2D eigenvalue weighted by atomic mass is 19.4. The van der Waals surface area contributed by atoms with Gasteiger partial charge in [-0.05, 0) is 29.5 Å². The second-order valence-corrected chi connectivity index (χ2v) is 8.44. The fourth-order valence-electron chi connectivity index (χ4n) is 4.05. The Morgan fingerprint density at radius 3 is 2.48 bits per heavy atom. The number of carbonyl (C=O) groups is 1. The fraction of sp³-hybridized carbons (Fsp3) is 0.500. The van der Waals surface area contributed by atoms with Crippen molar-refractivity contribution in [1.82, 2.24) is 24.7 Å². The first-order valence-electron chi connectivity index (χ1n) is 10.3. The second-order valence-electron chi connectivity index (χ2n) is 8.44. The molecule has 4 rings (SSSR count). The molecule has 0 spiro atoms. The number of aromatic nitrogens is 2. The van der Waals surface area contributed by atoms with Gasteiger partial charge in [-0.15, -0.1) is 0 Å². The highest BCUT2D eigenvalue weighted by Gasteiger charge is 2.42. The number of hydrogen-bond donors (Lipinski definition) is 1. The summed E-state index contributed by atoms with van der Waals surface area (Å²) in [6.07, 6.45) is -3.03. The van der Waals surface area contributed by atoms with E-state index in [0.29, 0.717) is 44.8 Å². The second kappa shape index (κ2) is 8.54. The van der Waals surface area contributed by atoms with Gasteiger partial charge in [0.1, 0.15) is 11.8 Å². The van der Waals surface area contributed by atoms with Crippen molar-refractivity contribution in [1.29, 1.82) is 0 Å². The zero-order valence-corrected chi connectivity index (χ0v) is 17.8. The molecule has 0 aliphatic carbocycles. The summed E-state index contributed by atoms with van der Waals surface area (Å²) >= 11 is 0. The Bertz CT molecular complexity index is 1010. The Morgan fingerprint density at radius 1 is 1.24 bits per heavy atom. The van der Waals surface area contributed by atoms with Crippen LogP contribution in [0.1, 0.15) is 18.1 Å². The molecule has 0 radical (unpaired) electrons. The number of piperazine rings is 1. The largest absolute Gasteiger partial charge is 0.436 e. The third kappa shape index (κ3) is 5.18. The van der Waals surface area contributed by atoms with Gasteiger partial charge < -0.3 is 25.1 Å². The van der Waals surface area contributed by atoms with E-state index in [1.165, 1.54) is 18.3 Å². The van der Waals surface area contributed by atoms with Crippen LogP contribution in [0.4, 0.5) is 23.8 Å². The van der Waals surface area contributed by atoms with E-state index in [2.05, 4.69) is 15.2 Å². The lowest BCUT2D eigenvalue weighted by Gasteiger charge is -2.37. The number of alkyl halides is 3. The quantitative estimate of drug-likeness (QED) is 0.534. The van der Waals surface area contributed by atoms with E-state index in [4.69, 9.17) is 4.74 Å². The smallest absolute Gasteiger partial charge is 0.416 e. The molecular weight excluding hydrogens is 445 g/mol. The van der Waals surface area contributed by atoms with Gasteiger partial charge in [0.15, 0.2) is 0 Å². The highest BCUT2D eigenvalue weighted by Crippen LogP contribution is 2.32. The average Bonchev–Trinajstić information content (AvgIpc) is 3.27. The Kier molecular flexibility index (Phi) is 5.91. The lowest BCUT2D eigenvalue weighted by molar-refractivity contribution is -0.389. The average molecular weight is 468 g/mol. The Hall–Kier alpha value is -3.35. The number of nitro groups is 1. The number of hydrogen-bond acceptors (Lipinski definition) is 6. The molecule has 10 nitrogen and oxygen atoms in total. The number of benzene rings is 1. The maximum Gasteiger partial charge on any atom is 0.416 e. The lowest BCUT2D eigenvalue weighted by atomic mass is 10.1. The van der Waals surface area contributed by atoms with E-state index in [9.17, 15) is 28.1 Å². The number of nitrogens with zero attached hydrogens (tertiary/aromatic N) is 5. The minimum atomic E-state index is -4.39. The molecule has 1 unspecified atom stereocenters. The summed E-state index contributed by atoms with van der Waals surface area (Å²) in [5, 5.41) is 13.6. The summed E-state index contributed by atoms with van der Waals surface area (Å²) in [4.78, 5) is 30.4. The molecule has 2 aliphatic heterocycles. The summed E-state index contributed by atoms with van der Waals surface area (Å²) in [7, 11) is 0. The number of imidazole rings is 1. The third-order valence-corrected chi connectivity index (χ3v) is 5.70. The molecule has 1 atom stereocenters. The highest BCUT2D eigenvalue weighted by molar-refractivity contribution is 5.74. The molecule has 33 heavy (non-hydrogen) atoms. The fourth-order valence-corrected chi connectivity index (χ4v) is 4.05. The van der Waals surface area contributed by atoms with Gasteiger partial charge in [-0.3, -0.25) is 9.47 Å². The number of amides is 2. The molecular formula is C20H23F3N6O4. The van der Waals surface area contributed by atoms with Crippen molar-refractivity contribution in [2.75, 3.05) is 32.7 Å². The van der Waals surface area contributed by atoms with E-state index >= 15 is 0 Å². The summed E-state index contributed by atoms with van der Waals surface area (Å²) in [6, 6.07) is 4.65. The molecule has 3 heterocycles. The van der Waals surface area contributed by atoms with Crippen molar-refractivity contribution in [3.05, 3.63) is 51.7 Å². The molecule has 1 aromatic carbocycles. The van der Waals surface area contributed by atoms with Crippen LogP contribution in [0, 0.1) is 10.1 Å². The van der Waals surface area contributed by atoms with Crippen LogP contribution in [0.5, 0.6) is 6.01 Å². The van der Waals surface area contributed by atoms with Crippen molar-refractivity contribution in [2.45, 2.75) is 31.8 Å². The lowest BCUT2D eigenvalue weighted by Crippen LogP contribution is -2.55. The van der Waals surface area contributed by atoms with Crippen molar-refractivity contribution in [2.24, 2.45) is 0 Å². The van der Waals surface area contributed by atoms with E-state index < -0.39 is 22.3 Å². The van der Waals surface area contributed by atoms with Gasteiger partial charge >= 0.3 is 24.0 Å². The van der Waals surface area contributed by atoms with E-state index in [0.717, 1.165) is 12.1 Å². The van der Waals surface area contributed by atoms with Gasteiger partial charge in [0.05, 0.1) is 12.1 Å².